The Morgan fingerprint density at radius 2 is 1.00 bits per heavy atom. The van der Waals surface area contributed by atoms with Crippen molar-refractivity contribution in [2.75, 3.05) is 52.5 Å². The fourth-order valence-electron chi connectivity index (χ4n) is 4.29. The smallest absolute Gasteiger partial charge is 0.307 e. The van der Waals surface area contributed by atoms with Crippen molar-refractivity contribution in [3.63, 3.8) is 0 Å². The van der Waals surface area contributed by atoms with E-state index in [1.807, 2.05) is 0 Å². The molecule has 0 bridgehead atoms. The second kappa shape index (κ2) is 27.7. The van der Waals surface area contributed by atoms with Crippen molar-refractivity contribution >= 4 is 23.8 Å². The van der Waals surface area contributed by atoms with Crippen LogP contribution in [0.1, 0.15) is 90.9 Å². The number of carbonyl (C=O) groups excluding carboxylic acids is 4. The topological polar surface area (TPSA) is 197 Å². The van der Waals surface area contributed by atoms with Crippen molar-refractivity contribution in [3.05, 3.63) is 24.3 Å². The first kappa shape index (κ1) is 41.2. The molecular formula is C32H60N6O6. The Labute approximate surface area is 264 Å². The van der Waals surface area contributed by atoms with Gasteiger partial charge in [0.15, 0.2) is 0 Å². The quantitative estimate of drug-likeness (QED) is 0.0597. The summed E-state index contributed by atoms with van der Waals surface area (Å²) in [6.07, 6.45) is 15.2. The standard InChI is InChI=1S/C32H60N6O6/c1-3-5-7-9-13-25-43-29(39)17-23-37(31(41)27(35)15-19-33)21-11-12-22-38(32(42)28(36)16-20-34)24-18-30(40)44-26-14-10-8-6-4-2/h5-8,27-28H,3-4,9-26,33-36H2,1-2H3/t27-,28-/m0/s1. The molecule has 0 aromatic heterocycles. The fraction of sp³-hybridized carbons (Fsp3) is 0.750. The number of ether oxygens (including phenoxy) is 2. The number of hydrogen-bond acceptors (Lipinski definition) is 10. The Bertz CT molecular complexity index is 785. The van der Waals surface area contributed by atoms with E-state index in [1.54, 1.807) is 9.80 Å². The van der Waals surface area contributed by atoms with Gasteiger partial charge >= 0.3 is 11.9 Å². The van der Waals surface area contributed by atoms with Gasteiger partial charge in [-0.2, -0.15) is 0 Å². The zero-order valence-electron chi connectivity index (χ0n) is 27.3. The summed E-state index contributed by atoms with van der Waals surface area (Å²) < 4.78 is 10.6. The Morgan fingerprint density at radius 3 is 1.34 bits per heavy atom. The minimum absolute atomic E-state index is 0.0570. The molecule has 44 heavy (non-hydrogen) atoms. The summed E-state index contributed by atoms with van der Waals surface area (Å²) in [5.41, 5.74) is 23.3. The van der Waals surface area contributed by atoms with Crippen LogP contribution in [0.15, 0.2) is 24.3 Å². The second-order valence-corrected chi connectivity index (χ2v) is 10.7. The molecule has 0 spiro atoms. The van der Waals surface area contributed by atoms with Crippen molar-refractivity contribution < 1.29 is 28.7 Å². The van der Waals surface area contributed by atoms with Crippen LogP contribution in [0, 0.1) is 0 Å². The van der Waals surface area contributed by atoms with Crippen LogP contribution in [0.5, 0.6) is 0 Å². The van der Waals surface area contributed by atoms with Gasteiger partial charge in [-0.05, 0) is 77.3 Å². The Hall–Kier alpha value is -2.80. The molecule has 0 aliphatic heterocycles. The van der Waals surface area contributed by atoms with E-state index in [-0.39, 0.29) is 62.8 Å². The maximum Gasteiger partial charge on any atom is 0.307 e. The molecule has 2 amide bonds. The lowest BCUT2D eigenvalue weighted by Crippen LogP contribution is -2.47. The molecule has 0 aliphatic carbocycles. The number of nitrogens with two attached hydrogens (primary N) is 4. The molecule has 254 valence electrons. The third-order valence-corrected chi connectivity index (χ3v) is 6.85. The van der Waals surface area contributed by atoms with Gasteiger partial charge < -0.3 is 42.2 Å². The van der Waals surface area contributed by atoms with E-state index in [4.69, 9.17) is 32.4 Å². The van der Waals surface area contributed by atoms with E-state index in [0.717, 1.165) is 38.5 Å². The van der Waals surface area contributed by atoms with E-state index >= 15 is 0 Å². The van der Waals surface area contributed by atoms with E-state index in [0.29, 0.717) is 52.0 Å². The minimum Gasteiger partial charge on any atom is -0.466 e. The maximum atomic E-state index is 13.0. The van der Waals surface area contributed by atoms with Gasteiger partial charge in [-0.3, -0.25) is 19.2 Å². The summed E-state index contributed by atoms with van der Waals surface area (Å²) >= 11 is 0. The van der Waals surface area contributed by atoms with Crippen LogP contribution in [-0.2, 0) is 28.7 Å². The van der Waals surface area contributed by atoms with Gasteiger partial charge in [-0.25, -0.2) is 0 Å². The number of hydrogen-bond donors (Lipinski definition) is 4. The molecule has 0 aromatic carbocycles. The number of esters is 2. The zero-order chi connectivity index (χ0) is 33.0. The summed E-state index contributed by atoms with van der Waals surface area (Å²) in [4.78, 5) is 53.6. The third kappa shape index (κ3) is 21.0. The predicted molar refractivity (Wildman–Crippen MR) is 174 cm³/mol. The van der Waals surface area contributed by atoms with Gasteiger partial charge in [0.25, 0.3) is 0 Å². The minimum atomic E-state index is -0.762. The zero-order valence-corrected chi connectivity index (χ0v) is 27.3. The van der Waals surface area contributed by atoms with Crippen molar-refractivity contribution in [1.82, 2.24) is 9.80 Å². The van der Waals surface area contributed by atoms with Crippen LogP contribution >= 0.6 is 0 Å². The molecule has 0 saturated carbocycles. The molecule has 0 heterocycles. The van der Waals surface area contributed by atoms with Crippen LogP contribution in [0.3, 0.4) is 0 Å². The molecular weight excluding hydrogens is 564 g/mol. The van der Waals surface area contributed by atoms with Crippen molar-refractivity contribution in [3.8, 4) is 0 Å². The van der Waals surface area contributed by atoms with Gasteiger partial charge in [0.05, 0.1) is 38.1 Å². The van der Waals surface area contributed by atoms with E-state index in [2.05, 4.69) is 38.2 Å². The molecule has 12 nitrogen and oxygen atoms in total. The van der Waals surface area contributed by atoms with E-state index in [1.165, 1.54) is 0 Å². The molecule has 0 saturated heterocycles. The molecule has 0 aromatic rings. The fourth-order valence-corrected chi connectivity index (χ4v) is 4.29. The predicted octanol–water partition coefficient (Wildman–Crippen LogP) is 2.14. The van der Waals surface area contributed by atoms with Gasteiger partial charge in [0, 0.05) is 26.2 Å². The lowest BCUT2D eigenvalue weighted by molar-refractivity contribution is -0.146. The molecule has 0 unspecified atom stereocenters. The first-order chi connectivity index (χ1) is 21.2. The van der Waals surface area contributed by atoms with Gasteiger partial charge in [0.1, 0.15) is 0 Å². The molecule has 0 aliphatic rings. The Balaban J connectivity index is 4.99. The average Bonchev–Trinajstić information content (AvgIpc) is 3.01. The first-order valence-electron chi connectivity index (χ1n) is 16.3. The normalized spacial score (nSPS) is 12.8. The van der Waals surface area contributed by atoms with E-state index in [9.17, 15) is 19.2 Å². The Morgan fingerprint density at radius 1 is 0.614 bits per heavy atom. The van der Waals surface area contributed by atoms with Crippen LogP contribution in [0.4, 0.5) is 0 Å². The average molecular weight is 625 g/mol. The second-order valence-electron chi connectivity index (χ2n) is 10.7. The SMILES string of the molecule is CCC=CCCCOC(=O)CCN(CCCCN(CCC(=O)OCCCC=CCC)C(=O)[C@@H](N)CCN)C(=O)[C@@H](N)CCN. The van der Waals surface area contributed by atoms with Crippen LogP contribution < -0.4 is 22.9 Å². The lowest BCUT2D eigenvalue weighted by Gasteiger charge is -2.27. The lowest BCUT2D eigenvalue weighted by atomic mass is 10.1. The highest BCUT2D eigenvalue weighted by atomic mass is 16.5. The van der Waals surface area contributed by atoms with Crippen LogP contribution in [0.25, 0.3) is 0 Å². The summed E-state index contributed by atoms with van der Waals surface area (Å²) in [6, 6.07) is -1.52. The van der Waals surface area contributed by atoms with Crippen molar-refractivity contribution in [2.24, 2.45) is 22.9 Å². The summed E-state index contributed by atoms with van der Waals surface area (Å²) in [7, 11) is 0. The third-order valence-electron chi connectivity index (χ3n) is 6.85. The highest BCUT2D eigenvalue weighted by molar-refractivity contribution is 5.83. The number of unbranched alkanes of at least 4 members (excludes halogenated alkanes) is 3. The Kier molecular flexibility index (Phi) is 26.0. The maximum absolute atomic E-state index is 13.0. The molecule has 2 atom stereocenters. The number of allylic oxidation sites excluding steroid dienone is 4. The molecule has 0 rings (SSSR count). The largest absolute Gasteiger partial charge is 0.466 e. The van der Waals surface area contributed by atoms with Gasteiger partial charge in [-0.15, -0.1) is 0 Å². The molecule has 8 N–H and O–H groups in total. The van der Waals surface area contributed by atoms with Crippen molar-refractivity contribution in [2.45, 2.75) is 103 Å². The summed E-state index contributed by atoms with van der Waals surface area (Å²) in [5, 5.41) is 0. The number of nitrogens with zero attached hydrogens (tertiary/aromatic N) is 2. The first-order valence-corrected chi connectivity index (χ1v) is 16.3. The van der Waals surface area contributed by atoms with E-state index < -0.39 is 12.1 Å². The highest BCUT2D eigenvalue weighted by Crippen LogP contribution is 2.08. The van der Waals surface area contributed by atoms with Crippen LogP contribution in [0.2, 0.25) is 0 Å². The number of carbonyl (C=O) groups is 4. The number of rotatable bonds is 27. The molecule has 12 heteroatoms. The molecule has 0 radical (unpaired) electrons. The van der Waals surface area contributed by atoms with Crippen molar-refractivity contribution in [1.29, 1.82) is 0 Å². The summed E-state index contributed by atoms with van der Waals surface area (Å²) in [5.74, 6) is -1.30. The monoisotopic (exact) mass is 624 g/mol. The number of amides is 2. The van der Waals surface area contributed by atoms with Gasteiger partial charge in [-0.1, -0.05) is 38.2 Å². The highest BCUT2D eigenvalue weighted by Gasteiger charge is 2.23. The van der Waals surface area contributed by atoms with Gasteiger partial charge in [0.2, 0.25) is 11.8 Å². The molecule has 0 fully saturated rings. The van der Waals surface area contributed by atoms with Crippen LogP contribution in [-0.4, -0.2) is 98.1 Å². The summed E-state index contributed by atoms with van der Waals surface area (Å²) in [6.45, 7) is 6.36.